The second kappa shape index (κ2) is 12.9. The van der Waals surface area contributed by atoms with Crippen LogP contribution >= 0.6 is 0 Å². The molecule has 0 radical (unpaired) electrons. The second-order valence-electron chi connectivity index (χ2n) is 13.3. The molecule has 10 aromatic rings. The first kappa shape index (κ1) is 30.6. The molecule has 4 heteroatoms. The Kier molecular flexibility index (Phi) is 7.43. The number of hydrogen-bond acceptors (Lipinski definition) is 3. The van der Waals surface area contributed by atoms with Gasteiger partial charge in [0.15, 0.2) is 11.6 Å². The maximum absolute atomic E-state index is 5.21. The first-order valence-electron chi connectivity index (χ1n) is 17.9. The van der Waals surface area contributed by atoms with Gasteiger partial charge in [-0.3, -0.25) is 4.57 Å². The monoisotopic (exact) mass is 676 g/mol. The van der Waals surface area contributed by atoms with Crippen molar-refractivity contribution in [1.82, 2.24) is 19.5 Å². The maximum atomic E-state index is 5.21. The highest BCUT2D eigenvalue weighted by molar-refractivity contribution is 6.09. The van der Waals surface area contributed by atoms with Gasteiger partial charge in [0.1, 0.15) is 0 Å². The predicted octanol–water partition coefficient (Wildman–Crippen LogP) is 12.5. The molecule has 0 aliphatic heterocycles. The van der Waals surface area contributed by atoms with Gasteiger partial charge in [0.2, 0.25) is 5.95 Å². The minimum absolute atomic E-state index is 0.586. The third kappa shape index (κ3) is 5.45. The molecule has 0 spiro atoms. The third-order valence-electron chi connectivity index (χ3n) is 10.1. The number of nitrogens with zero attached hydrogens (tertiary/aromatic N) is 4. The summed E-state index contributed by atoms with van der Waals surface area (Å²) in [6.07, 6.45) is 0. The molecule has 0 bridgehead atoms. The highest BCUT2D eigenvalue weighted by atomic mass is 15.2. The average Bonchev–Trinajstić information content (AvgIpc) is 3.58. The lowest BCUT2D eigenvalue weighted by atomic mass is 9.90. The van der Waals surface area contributed by atoms with Gasteiger partial charge in [-0.1, -0.05) is 176 Å². The van der Waals surface area contributed by atoms with Crippen LogP contribution in [-0.2, 0) is 0 Å². The molecule has 2 aromatic heterocycles. The van der Waals surface area contributed by atoms with Crippen LogP contribution in [0.1, 0.15) is 0 Å². The van der Waals surface area contributed by atoms with Gasteiger partial charge in [-0.15, -0.1) is 0 Å². The highest BCUT2D eigenvalue weighted by Crippen LogP contribution is 2.39. The van der Waals surface area contributed by atoms with Crippen molar-refractivity contribution in [3.8, 4) is 62.1 Å². The molecule has 0 N–H and O–H groups in total. The second-order valence-corrected chi connectivity index (χ2v) is 13.3. The largest absolute Gasteiger partial charge is 0.278 e. The molecule has 53 heavy (non-hydrogen) atoms. The summed E-state index contributed by atoms with van der Waals surface area (Å²) in [6, 6.07) is 68.2. The molecule has 0 unspecified atom stereocenters. The molecule has 0 fully saturated rings. The maximum Gasteiger partial charge on any atom is 0.238 e. The third-order valence-corrected chi connectivity index (χ3v) is 10.1. The van der Waals surface area contributed by atoms with Crippen molar-refractivity contribution in [2.24, 2.45) is 0 Å². The van der Waals surface area contributed by atoms with Crippen LogP contribution in [0.15, 0.2) is 194 Å². The molecule has 10 rings (SSSR count). The van der Waals surface area contributed by atoms with Crippen LogP contribution in [-0.4, -0.2) is 19.5 Å². The number of fused-ring (bicyclic) bond motifs is 4. The Balaban J connectivity index is 1.13. The number of rotatable bonds is 6. The number of benzene rings is 8. The van der Waals surface area contributed by atoms with Gasteiger partial charge < -0.3 is 0 Å². The van der Waals surface area contributed by atoms with Gasteiger partial charge in [0, 0.05) is 21.9 Å². The molecule has 0 aliphatic carbocycles. The normalized spacial score (nSPS) is 11.4. The average molecular weight is 677 g/mol. The van der Waals surface area contributed by atoms with Gasteiger partial charge in [-0.05, 0) is 62.4 Å². The lowest BCUT2D eigenvalue weighted by Crippen LogP contribution is -2.06. The summed E-state index contributed by atoms with van der Waals surface area (Å²) in [7, 11) is 0. The van der Waals surface area contributed by atoms with E-state index >= 15 is 0 Å². The smallest absolute Gasteiger partial charge is 0.238 e. The summed E-state index contributed by atoms with van der Waals surface area (Å²) >= 11 is 0. The van der Waals surface area contributed by atoms with Gasteiger partial charge in [-0.25, -0.2) is 4.98 Å². The van der Waals surface area contributed by atoms with Crippen molar-refractivity contribution >= 4 is 32.6 Å². The van der Waals surface area contributed by atoms with Crippen LogP contribution < -0.4 is 0 Å². The van der Waals surface area contributed by atoms with Crippen LogP contribution in [0.4, 0.5) is 0 Å². The SMILES string of the molecule is c1ccc(-c2ccc(-c3cccc4cccc(-c5cccc(-c6nc(-c7ccccc7)nc(-n7c8ccccc8c8ccccc87)n6)c5)c34)cc2)cc1. The number of hydrogen-bond donors (Lipinski definition) is 0. The van der Waals surface area contributed by atoms with E-state index in [0.29, 0.717) is 17.6 Å². The fraction of sp³-hybridized carbons (Fsp3) is 0. The van der Waals surface area contributed by atoms with Crippen molar-refractivity contribution in [1.29, 1.82) is 0 Å². The van der Waals surface area contributed by atoms with Crippen LogP contribution in [0.5, 0.6) is 0 Å². The molecule has 2 heterocycles. The zero-order valence-corrected chi connectivity index (χ0v) is 28.8. The molecule has 0 saturated carbocycles. The molecule has 4 nitrogen and oxygen atoms in total. The van der Waals surface area contributed by atoms with Crippen molar-refractivity contribution in [3.63, 3.8) is 0 Å². The van der Waals surface area contributed by atoms with E-state index in [1.165, 1.54) is 33.0 Å². The van der Waals surface area contributed by atoms with Crippen LogP contribution in [0, 0.1) is 0 Å². The minimum atomic E-state index is 0.586. The lowest BCUT2D eigenvalue weighted by molar-refractivity contribution is 0.953. The predicted molar refractivity (Wildman–Crippen MR) is 219 cm³/mol. The highest BCUT2D eigenvalue weighted by Gasteiger charge is 2.18. The Hall–Kier alpha value is -7.17. The molecule has 0 saturated heterocycles. The van der Waals surface area contributed by atoms with Crippen molar-refractivity contribution < 1.29 is 0 Å². The summed E-state index contributed by atoms with van der Waals surface area (Å²) in [6.45, 7) is 0. The fourth-order valence-electron chi connectivity index (χ4n) is 7.57. The molecular formula is C49H32N4. The van der Waals surface area contributed by atoms with E-state index in [1.807, 2.05) is 18.2 Å². The van der Waals surface area contributed by atoms with Crippen molar-refractivity contribution in [3.05, 3.63) is 194 Å². The summed E-state index contributed by atoms with van der Waals surface area (Å²) < 4.78 is 2.16. The molecule has 0 aliphatic rings. The Morgan fingerprint density at radius 2 is 0.792 bits per heavy atom. The Bertz CT molecular complexity index is 2870. The molecule has 0 atom stereocenters. The first-order valence-corrected chi connectivity index (χ1v) is 17.9. The summed E-state index contributed by atoms with van der Waals surface area (Å²) in [4.78, 5) is 15.4. The minimum Gasteiger partial charge on any atom is -0.278 e. The number of aromatic nitrogens is 4. The van der Waals surface area contributed by atoms with E-state index in [0.717, 1.165) is 44.1 Å². The van der Waals surface area contributed by atoms with Gasteiger partial charge in [-0.2, -0.15) is 9.97 Å². The Morgan fingerprint density at radius 3 is 1.45 bits per heavy atom. The fourth-order valence-corrected chi connectivity index (χ4v) is 7.57. The zero-order chi connectivity index (χ0) is 35.1. The lowest BCUT2D eigenvalue weighted by Gasteiger charge is -2.14. The summed E-state index contributed by atoms with van der Waals surface area (Å²) in [5.74, 6) is 1.84. The quantitative estimate of drug-likeness (QED) is 0.176. The molecule has 248 valence electrons. The van der Waals surface area contributed by atoms with E-state index in [-0.39, 0.29) is 0 Å². The van der Waals surface area contributed by atoms with Gasteiger partial charge in [0.05, 0.1) is 11.0 Å². The van der Waals surface area contributed by atoms with E-state index < -0.39 is 0 Å². The van der Waals surface area contributed by atoms with Crippen molar-refractivity contribution in [2.45, 2.75) is 0 Å². The summed E-state index contributed by atoms with van der Waals surface area (Å²) in [5.41, 5.74) is 11.0. The van der Waals surface area contributed by atoms with Crippen LogP contribution in [0.25, 0.3) is 94.7 Å². The first-order chi connectivity index (χ1) is 26.3. The van der Waals surface area contributed by atoms with Crippen LogP contribution in [0.3, 0.4) is 0 Å². The van der Waals surface area contributed by atoms with E-state index in [9.17, 15) is 0 Å². The van der Waals surface area contributed by atoms with Gasteiger partial charge in [0.25, 0.3) is 0 Å². The molecular weight excluding hydrogens is 645 g/mol. The Labute approximate surface area is 307 Å². The Morgan fingerprint density at radius 1 is 0.321 bits per heavy atom. The van der Waals surface area contributed by atoms with Crippen molar-refractivity contribution in [2.75, 3.05) is 0 Å². The van der Waals surface area contributed by atoms with E-state index in [1.54, 1.807) is 0 Å². The van der Waals surface area contributed by atoms with Gasteiger partial charge >= 0.3 is 0 Å². The zero-order valence-electron chi connectivity index (χ0n) is 28.8. The van der Waals surface area contributed by atoms with E-state index in [4.69, 9.17) is 15.0 Å². The molecule has 0 amide bonds. The standard InChI is InChI=1S/C49H32N4/c1-3-14-33(15-4-1)34-28-30-35(31-29-34)40-24-12-18-36-19-13-25-41(46(36)40)38-20-11-21-39(32-38)48-50-47(37-16-5-2-6-17-37)51-49(52-48)53-44-26-9-7-22-42(44)43-23-8-10-27-45(43)53/h1-32H. The van der Waals surface area contributed by atoms with E-state index in [2.05, 4.69) is 180 Å². The molecule has 8 aromatic carbocycles. The number of para-hydroxylation sites is 2. The topological polar surface area (TPSA) is 43.6 Å². The van der Waals surface area contributed by atoms with Crippen LogP contribution in [0.2, 0.25) is 0 Å². The summed E-state index contributed by atoms with van der Waals surface area (Å²) in [5, 5.41) is 4.73.